The van der Waals surface area contributed by atoms with Crippen LogP contribution < -0.4 is 4.72 Å². The number of halogens is 2. The van der Waals surface area contributed by atoms with Crippen molar-refractivity contribution >= 4 is 27.3 Å². The van der Waals surface area contributed by atoms with E-state index >= 15 is 0 Å². The van der Waals surface area contributed by atoms with Gasteiger partial charge in [-0.25, -0.2) is 4.39 Å². The Morgan fingerprint density at radius 3 is 2.61 bits per heavy atom. The number of hydrogen-bond acceptors (Lipinski definition) is 2. The summed E-state index contributed by atoms with van der Waals surface area (Å²) in [5.41, 5.74) is 0.310. The second kappa shape index (κ2) is 6.07. The maximum atomic E-state index is 13.9. The molecule has 0 unspecified atom stereocenters. The van der Waals surface area contributed by atoms with Gasteiger partial charge in [0.05, 0.1) is 4.47 Å². The van der Waals surface area contributed by atoms with Gasteiger partial charge in [0, 0.05) is 16.9 Å². The van der Waals surface area contributed by atoms with Crippen LogP contribution in [0.2, 0.25) is 0 Å². The van der Waals surface area contributed by atoms with E-state index in [0.717, 1.165) is 0 Å². The van der Waals surface area contributed by atoms with Gasteiger partial charge in [0.15, 0.2) is 0 Å². The van der Waals surface area contributed by atoms with E-state index in [9.17, 15) is 8.94 Å². The molecule has 1 aromatic carbocycles. The summed E-state index contributed by atoms with van der Waals surface area (Å²) in [6.45, 7) is 5.46. The van der Waals surface area contributed by atoms with Gasteiger partial charge in [-0.15, -0.1) is 11.1 Å². The molecule has 0 saturated carbocycles. The van der Waals surface area contributed by atoms with Gasteiger partial charge in [0.1, 0.15) is 16.6 Å². The molecule has 0 aliphatic rings. The standard InChI is InChI=1S/C13H15BrFNOS/c1-5-11(16-18(17)13(2,3)4)9-7-6-8-10(14)12(9)15/h1,6-8,11,16H,2-4H3/t11-,18+/m1/s1. The first-order valence-electron chi connectivity index (χ1n) is 5.35. The topological polar surface area (TPSA) is 35.1 Å². The summed E-state index contributed by atoms with van der Waals surface area (Å²) < 4.78 is 28.5. The van der Waals surface area contributed by atoms with E-state index in [0.29, 0.717) is 10.0 Å². The molecule has 0 spiro atoms. The monoisotopic (exact) mass is 331 g/mol. The maximum absolute atomic E-state index is 13.9. The predicted molar refractivity (Wildman–Crippen MR) is 76.7 cm³/mol. The van der Waals surface area contributed by atoms with Crippen molar-refractivity contribution in [2.24, 2.45) is 0 Å². The fourth-order valence-corrected chi connectivity index (χ4v) is 2.36. The second-order valence-corrected chi connectivity index (χ2v) is 7.59. The number of rotatable bonds is 3. The van der Waals surface area contributed by atoms with Gasteiger partial charge in [-0.2, -0.15) is 0 Å². The lowest BCUT2D eigenvalue weighted by molar-refractivity contribution is 0.533. The second-order valence-electron chi connectivity index (χ2n) is 4.74. The summed E-state index contributed by atoms with van der Waals surface area (Å²) in [7, 11) is 0. The van der Waals surface area contributed by atoms with Crippen LogP contribution in [0.15, 0.2) is 22.7 Å². The highest BCUT2D eigenvalue weighted by atomic mass is 79.9. The van der Waals surface area contributed by atoms with Crippen LogP contribution >= 0.6 is 15.9 Å². The minimum atomic E-state index is -1.36. The molecule has 1 N–H and O–H groups in total. The Bertz CT molecular complexity index is 467. The van der Waals surface area contributed by atoms with Crippen LogP contribution in [0.4, 0.5) is 4.39 Å². The van der Waals surface area contributed by atoms with E-state index in [1.165, 1.54) is 0 Å². The van der Waals surface area contributed by atoms with Crippen LogP contribution in [0.25, 0.3) is 0 Å². The molecular weight excluding hydrogens is 317 g/mol. The first-order chi connectivity index (χ1) is 8.27. The van der Waals surface area contributed by atoms with Gasteiger partial charge in [-0.3, -0.25) is 0 Å². The average Bonchev–Trinajstić information content (AvgIpc) is 2.28. The van der Waals surface area contributed by atoms with E-state index in [-0.39, 0.29) is 0 Å². The molecule has 0 saturated heterocycles. The molecule has 0 fully saturated rings. The zero-order valence-electron chi connectivity index (χ0n) is 10.5. The van der Waals surface area contributed by atoms with Gasteiger partial charge < -0.3 is 4.55 Å². The van der Waals surface area contributed by atoms with Crippen molar-refractivity contribution < 1.29 is 8.94 Å². The van der Waals surface area contributed by atoms with E-state index in [4.69, 9.17) is 6.42 Å². The number of terminal acetylenes is 1. The highest BCUT2D eigenvalue weighted by molar-refractivity contribution is 9.10. The van der Waals surface area contributed by atoms with Crippen LogP contribution in [0.3, 0.4) is 0 Å². The minimum Gasteiger partial charge on any atom is -0.598 e. The fourth-order valence-electron chi connectivity index (χ4n) is 1.21. The molecule has 98 valence electrons. The molecule has 5 heteroatoms. The van der Waals surface area contributed by atoms with E-state index in [1.54, 1.807) is 18.2 Å². The summed E-state index contributed by atoms with van der Waals surface area (Å²) in [5, 5.41) is 0. The highest BCUT2D eigenvalue weighted by Gasteiger charge is 2.30. The Morgan fingerprint density at radius 2 is 2.11 bits per heavy atom. The normalized spacial score (nSPS) is 14.9. The zero-order valence-corrected chi connectivity index (χ0v) is 12.9. The highest BCUT2D eigenvalue weighted by Crippen LogP contribution is 2.25. The van der Waals surface area contributed by atoms with Crippen molar-refractivity contribution in [3.8, 4) is 12.3 Å². The smallest absolute Gasteiger partial charge is 0.143 e. The number of nitrogens with one attached hydrogen (secondary N) is 1. The van der Waals surface area contributed by atoms with Crippen LogP contribution in [0, 0.1) is 18.2 Å². The van der Waals surface area contributed by atoms with Crippen LogP contribution in [-0.2, 0) is 11.4 Å². The number of hydrogen-bond donors (Lipinski definition) is 1. The van der Waals surface area contributed by atoms with Crippen molar-refractivity contribution in [2.45, 2.75) is 31.6 Å². The molecule has 0 radical (unpaired) electrons. The first-order valence-corrected chi connectivity index (χ1v) is 7.29. The Labute approximate surface area is 119 Å². The minimum absolute atomic E-state index is 0.310. The molecular formula is C13H15BrFNOS. The molecule has 18 heavy (non-hydrogen) atoms. The molecule has 1 aromatic rings. The average molecular weight is 332 g/mol. The summed E-state index contributed by atoms with van der Waals surface area (Å²) in [6.07, 6.45) is 5.39. The van der Waals surface area contributed by atoms with Gasteiger partial charge in [-0.1, -0.05) is 18.1 Å². The van der Waals surface area contributed by atoms with Crippen molar-refractivity contribution in [2.75, 3.05) is 0 Å². The SMILES string of the molecule is C#C[C@@H](N[S@@+]([O-])C(C)(C)C)c1cccc(Br)c1F. The maximum Gasteiger partial charge on any atom is 0.143 e. The Morgan fingerprint density at radius 1 is 1.50 bits per heavy atom. The lowest BCUT2D eigenvalue weighted by Crippen LogP contribution is -2.41. The summed E-state index contributed by atoms with van der Waals surface area (Å²) >= 11 is 1.74. The Hall–Kier alpha value is -0.540. The van der Waals surface area contributed by atoms with Gasteiger partial charge >= 0.3 is 0 Å². The summed E-state index contributed by atoms with van der Waals surface area (Å²) in [4.78, 5) is 0. The molecule has 0 heterocycles. The third kappa shape index (κ3) is 3.72. The third-order valence-electron chi connectivity index (χ3n) is 2.24. The van der Waals surface area contributed by atoms with Crippen molar-refractivity contribution in [1.82, 2.24) is 4.72 Å². The van der Waals surface area contributed by atoms with Crippen LogP contribution in [0.5, 0.6) is 0 Å². The molecule has 2 nitrogen and oxygen atoms in total. The Kier molecular flexibility index (Phi) is 5.23. The Balaban J connectivity index is 2.99. The molecule has 2 atom stereocenters. The zero-order chi connectivity index (χ0) is 13.9. The van der Waals surface area contributed by atoms with Crippen molar-refractivity contribution in [3.63, 3.8) is 0 Å². The first kappa shape index (κ1) is 15.5. The van der Waals surface area contributed by atoms with Crippen LogP contribution in [0.1, 0.15) is 32.4 Å². The molecule has 0 aliphatic carbocycles. The van der Waals surface area contributed by atoms with Gasteiger partial charge in [-0.05, 0) is 42.8 Å². The van der Waals surface area contributed by atoms with Crippen molar-refractivity contribution in [3.05, 3.63) is 34.1 Å². The summed E-state index contributed by atoms with van der Waals surface area (Å²) in [5.74, 6) is 1.99. The largest absolute Gasteiger partial charge is 0.598 e. The van der Waals surface area contributed by atoms with Gasteiger partial charge in [0.25, 0.3) is 0 Å². The summed E-state index contributed by atoms with van der Waals surface area (Å²) in [6, 6.07) is 4.14. The molecule has 1 rings (SSSR count). The van der Waals surface area contributed by atoms with E-state index in [2.05, 4.69) is 26.6 Å². The molecule has 0 aromatic heterocycles. The van der Waals surface area contributed by atoms with Gasteiger partial charge in [0.2, 0.25) is 0 Å². The lowest BCUT2D eigenvalue weighted by atomic mass is 10.1. The van der Waals surface area contributed by atoms with Crippen molar-refractivity contribution in [1.29, 1.82) is 0 Å². The molecule has 0 aliphatic heterocycles. The molecule has 0 amide bonds. The fraction of sp³-hybridized carbons (Fsp3) is 0.385. The van der Waals surface area contributed by atoms with E-state index < -0.39 is 28.0 Å². The van der Waals surface area contributed by atoms with Crippen LogP contribution in [-0.4, -0.2) is 9.30 Å². The van der Waals surface area contributed by atoms with E-state index in [1.807, 2.05) is 20.8 Å². The molecule has 0 bridgehead atoms. The predicted octanol–water partition coefficient (Wildman–Crippen LogP) is 3.31. The number of benzene rings is 1. The third-order valence-corrected chi connectivity index (χ3v) is 4.41. The lowest BCUT2D eigenvalue weighted by Gasteiger charge is -2.26. The quantitative estimate of drug-likeness (QED) is 0.681.